The maximum absolute atomic E-state index is 5.34. The Kier molecular flexibility index (Phi) is 13.7. The van der Waals surface area contributed by atoms with E-state index in [2.05, 4.69) is 367 Å². The first kappa shape index (κ1) is 58.1. The lowest BCUT2D eigenvalue weighted by Gasteiger charge is -2.26. The molecule has 4 nitrogen and oxygen atoms in total. The van der Waals surface area contributed by atoms with E-state index in [-0.39, 0.29) is 0 Å². The Bertz CT molecular complexity index is 6520. The predicted octanol–water partition coefficient (Wildman–Crippen LogP) is 26.8. The largest absolute Gasteiger partial charge is 0.311 e. The van der Waals surface area contributed by atoms with Gasteiger partial charge in [0.1, 0.15) is 0 Å². The Morgan fingerprint density at radius 3 is 1.37 bits per heavy atom. The van der Waals surface area contributed by atoms with Crippen LogP contribution in [0.2, 0.25) is 0 Å². The van der Waals surface area contributed by atoms with Crippen molar-refractivity contribution < 1.29 is 0 Å². The van der Waals surface area contributed by atoms with Gasteiger partial charge in [-0.1, -0.05) is 273 Å². The zero-order valence-electron chi connectivity index (χ0n) is 54.8. The van der Waals surface area contributed by atoms with Crippen molar-refractivity contribution in [3.05, 3.63) is 364 Å². The van der Waals surface area contributed by atoms with E-state index in [1.165, 1.54) is 113 Å². The van der Waals surface area contributed by atoms with Crippen LogP contribution in [0.5, 0.6) is 0 Å². The number of thiophene rings is 1. The number of nitrogens with zero attached hydrogens (tertiary/aromatic N) is 4. The number of hydrogen-bond donors (Lipinski definition) is 0. The van der Waals surface area contributed by atoms with E-state index in [4.69, 9.17) is 9.97 Å². The molecule has 0 saturated heterocycles. The van der Waals surface area contributed by atoms with Crippen LogP contribution in [-0.2, 0) is 0 Å². The summed E-state index contributed by atoms with van der Waals surface area (Å²) < 4.78 is 5.01. The molecule has 0 saturated carbocycles. The second-order valence-electron chi connectivity index (χ2n) is 26.3. The average Bonchev–Trinajstić information content (AvgIpc) is 1.68. The first-order valence-corrected chi connectivity index (χ1v) is 35.3. The van der Waals surface area contributed by atoms with Gasteiger partial charge in [0.05, 0.1) is 34.0 Å². The number of rotatable bonds is 11. The highest BCUT2D eigenvalue weighted by Crippen LogP contribution is 2.47. The van der Waals surface area contributed by atoms with E-state index >= 15 is 0 Å². The summed E-state index contributed by atoms with van der Waals surface area (Å²) in [7, 11) is 0. The number of hydrogen-bond acceptors (Lipinski definition) is 4. The molecule has 470 valence electrons. The van der Waals surface area contributed by atoms with Crippen molar-refractivity contribution in [1.29, 1.82) is 0 Å². The minimum atomic E-state index is 0.853. The van der Waals surface area contributed by atoms with E-state index < -0.39 is 0 Å². The maximum atomic E-state index is 5.34. The van der Waals surface area contributed by atoms with Gasteiger partial charge in [0.2, 0.25) is 0 Å². The van der Waals surface area contributed by atoms with Crippen LogP contribution >= 0.6 is 11.3 Å². The SMILES string of the molecule is c1ccc(-n2c3ccc(-c4ccc(N(c5ccc(-c6cccc7ccccc67)cc5)c5ccc(-c6cccc7ccccc67)cc5)cc4)cc3c3cccc(-c4ccc5sc6c(-c7cccc(-c8cccc(-c9cnc%10c%11ccccc%11c%11ccccc%11c%10n9)c8)c7)cccc6c5c4)c32)cc1. The fourth-order valence-corrected chi connectivity index (χ4v) is 17.0. The van der Waals surface area contributed by atoms with Crippen molar-refractivity contribution in [1.82, 2.24) is 14.5 Å². The Morgan fingerprint density at radius 2 is 0.713 bits per heavy atom. The second kappa shape index (κ2) is 23.9. The average molecular weight is 1300 g/mol. The third kappa shape index (κ3) is 9.88. The molecular weight excluding hydrogens is 1240 g/mol. The Labute approximate surface area is 587 Å². The zero-order valence-corrected chi connectivity index (χ0v) is 55.7. The highest BCUT2D eigenvalue weighted by atomic mass is 32.1. The first-order chi connectivity index (χ1) is 50.1. The number of anilines is 3. The molecule has 0 bridgehead atoms. The highest BCUT2D eigenvalue weighted by Gasteiger charge is 2.22. The maximum Gasteiger partial charge on any atom is 0.0979 e. The van der Waals surface area contributed by atoms with Gasteiger partial charge in [0.15, 0.2) is 0 Å². The Hall–Kier alpha value is -13.1. The van der Waals surface area contributed by atoms with E-state index in [0.29, 0.717) is 0 Å². The Balaban J connectivity index is 0.642. The van der Waals surface area contributed by atoms with Gasteiger partial charge in [-0.15, -0.1) is 11.3 Å². The molecule has 3 heterocycles. The first-order valence-electron chi connectivity index (χ1n) is 34.5. The third-order valence-corrected chi connectivity index (χ3v) is 21.8. The van der Waals surface area contributed by atoms with E-state index in [1.807, 2.05) is 17.5 Å². The molecule has 17 aromatic carbocycles. The van der Waals surface area contributed by atoms with Gasteiger partial charge in [0, 0.05) is 75.6 Å². The molecular formula is C96H60N4S. The third-order valence-electron chi connectivity index (χ3n) is 20.6. The minimum Gasteiger partial charge on any atom is -0.311 e. The van der Waals surface area contributed by atoms with Crippen molar-refractivity contribution in [3.63, 3.8) is 0 Å². The molecule has 0 aliphatic carbocycles. The molecule has 0 amide bonds. The summed E-state index contributed by atoms with van der Waals surface area (Å²) in [6.45, 7) is 0. The van der Waals surface area contributed by atoms with Crippen molar-refractivity contribution in [2.24, 2.45) is 0 Å². The number of aromatic nitrogens is 3. The summed E-state index contributed by atoms with van der Waals surface area (Å²) in [6, 6.07) is 131. The van der Waals surface area contributed by atoms with Crippen LogP contribution in [0.25, 0.3) is 180 Å². The smallest absolute Gasteiger partial charge is 0.0979 e. The lowest BCUT2D eigenvalue weighted by molar-refractivity contribution is 1.18. The quantitative estimate of drug-likeness (QED) is 0.121. The predicted molar refractivity (Wildman–Crippen MR) is 430 cm³/mol. The molecule has 0 radical (unpaired) electrons. The van der Waals surface area contributed by atoms with Gasteiger partial charge in [-0.25, -0.2) is 4.98 Å². The van der Waals surface area contributed by atoms with Gasteiger partial charge in [-0.3, -0.25) is 4.98 Å². The monoisotopic (exact) mass is 1300 g/mol. The summed E-state index contributed by atoms with van der Waals surface area (Å²) in [5, 5.41) is 14.5. The van der Waals surface area contributed by atoms with Crippen LogP contribution in [0.3, 0.4) is 0 Å². The summed E-state index contributed by atoms with van der Waals surface area (Å²) in [5.41, 5.74) is 24.6. The van der Waals surface area contributed by atoms with Gasteiger partial charge >= 0.3 is 0 Å². The van der Waals surface area contributed by atoms with E-state index in [0.717, 1.165) is 83.6 Å². The summed E-state index contributed by atoms with van der Waals surface area (Å²) in [5.74, 6) is 0. The van der Waals surface area contributed by atoms with Crippen LogP contribution in [0.15, 0.2) is 364 Å². The Morgan fingerprint density at radius 1 is 0.267 bits per heavy atom. The molecule has 5 heteroatoms. The van der Waals surface area contributed by atoms with Crippen LogP contribution < -0.4 is 4.90 Å². The van der Waals surface area contributed by atoms with Crippen molar-refractivity contribution in [2.75, 3.05) is 4.90 Å². The second-order valence-corrected chi connectivity index (χ2v) is 27.4. The normalized spacial score (nSPS) is 11.8. The van der Waals surface area contributed by atoms with Gasteiger partial charge in [-0.2, -0.15) is 0 Å². The summed E-state index contributed by atoms with van der Waals surface area (Å²) in [6.07, 6.45) is 1.93. The standard InChI is InChI=1S/C96H60N4S/c1-2-26-72(27-3-1)100-91-54-46-68(61-40-48-73(49-41-61)99(74-50-42-64(43-51-74)78-34-14-20-62-18-4-6-28-76(62)78)75-52-44-65(45-53-75)79-35-15-21-63-19-5-7-29-77(63)79)58-88(91)86-38-16-36-80(95(86)100)70-47-55-92-89(59-70)87-39-17-37-81(96(87)101-92)69-24-12-22-66(56-69)67-23-13-25-71(57-67)90-60-97-93-84-32-10-8-30-82(84)83-31-9-11-33-85(83)94(93)98-90/h1-60H. The molecule has 20 rings (SSSR count). The molecule has 0 N–H and O–H groups in total. The molecule has 0 atom stereocenters. The van der Waals surface area contributed by atoms with Crippen molar-refractivity contribution in [3.8, 4) is 83.7 Å². The molecule has 0 aliphatic heterocycles. The molecule has 0 fully saturated rings. The lowest BCUT2D eigenvalue weighted by Crippen LogP contribution is -2.09. The van der Waals surface area contributed by atoms with Crippen LogP contribution in [0.1, 0.15) is 0 Å². The van der Waals surface area contributed by atoms with Crippen molar-refractivity contribution >= 4 is 125 Å². The number of para-hydroxylation sites is 2. The lowest BCUT2D eigenvalue weighted by atomic mass is 9.96. The van der Waals surface area contributed by atoms with Gasteiger partial charge in [0.25, 0.3) is 0 Å². The molecule has 101 heavy (non-hydrogen) atoms. The van der Waals surface area contributed by atoms with Crippen LogP contribution in [0.4, 0.5) is 17.1 Å². The fourth-order valence-electron chi connectivity index (χ4n) is 15.8. The molecule has 3 aromatic heterocycles. The molecule has 20 aromatic rings. The summed E-state index contributed by atoms with van der Waals surface area (Å²) >= 11 is 1.87. The van der Waals surface area contributed by atoms with Crippen LogP contribution in [0, 0.1) is 0 Å². The minimum absolute atomic E-state index is 0.853. The van der Waals surface area contributed by atoms with Crippen LogP contribution in [-0.4, -0.2) is 14.5 Å². The highest BCUT2D eigenvalue weighted by molar-refractivity contribution is 7.26. The topological polar surface area (TPSA) is 34.0 Å². The fraction of sp³-hybridized carbons (Fsp3) is 0. The summed E-state index contributed by atoms with van der Waals surface area (Å²) in [4.78, 5) is 12.8. The zero-order chi connectivity index (χ0) is 66.5. The van der Waals surface area contributed by atoms with Gasteiger partial charge < -0.3 is 9.47 Å². The van der Waals surface area contributed by atoms with E-state index in [1.54, 1.807) is 0 Å². The number of fused-ring (bicyclic) bond motifs is 14. The van der Waals surface area contributed by atoms with E-state index in [9.17, 15) is 0 Å². The molecule has 0 aliphatic rings. The van der Waals surface area contributed by atoms with Gasteiger partial charge in [-0.05, 0) is 178 Å². The molecule has 0 unspecified atom stereocenters. The van der Waals surface area contributed by atoms with Crippen molar-refractivity contribution in [2.45, 2.75) is 0 Å². The molecule has 0 spiro atoms. The number of benzene rings is 17.